The van der Waals surface area contributed by atoms with E-state index in [0.29, 0.717) is 16.9 Å². The van der Waals surface area contributed by atoms with Gasteiger partial charge in [-0.05, 0) is 43.0 Å². The predicted molar refractivity (Wildman–Crippen MR) is 86.8 cm³/mol. The van der Waals surface area contributed by atoms with Crippen molar-refractivity contribution in [2.75, 3.05) is 11.4 Å². The minimum Gasteiger partial charge on any atom is -0.389 e. The van der Waals surface area contributed by atoms with Crippen molar-refractivity contribution in [3.05, 3.63) is 29.8 Å². The number of nitrogens with two attached hydrogens (primary N) is 1. The Kier molecular flexibility index (Phi) is 4.81. The van der Waals surface area contributed by atoms with E-state index >= 15 is 0 Å². The van der Waals surface area contributed by atoms with Crippen molar-refractivity contribution in [3.8, 4) is 0 Å². The van der Waals surface area contributed by atoms with Crippen molar-refractivity contribution in [2.45, 2.75) is 45.6 Å². The number of rotatable bonds is 5. The molecule has 0 spiro atoms. The minimum absolute atomic E-state index is 0.475. The highest BCUT2D eigenvalue weighted by Gasteiger charge is 2.23. The number of thiocarbonyl (C=S) groups is 1. The molecule has 2 N–H and O–H groups in total. The fraction of sp³-hybridized carbons (Fsp3) is 0.562. The summed E-state index contributed by atoms with van der Waals surface area (Å²) in [6.45, 7) is 5.69. The number of benzene rings is 1. The molecule has 1 aliphatic rings. The Morgan fingerprint density at radius 2 is 1.84 bits per heavy atom. The fourth-order valence-electron chi connectivity index (χ4n) is 2.89. The molecule has 2 nitrogen and oxygen atoms in total. The van der Waals surface area contributed by atoms with Gasteiger partial charge >= 0.3 is 0 Å². The number of hydrogen-bond acceptors (Lipinski definition) is 2. The SMILES string of the molecule is CC(C)CN(c1ccc(C(N)=S)cc1)C1CCCC1. The molecule has 104 valence electrons. The molecule has 0 radical (unpaired) electrons. The van der Waals surface area contributed by atoms with E-state index in [1.807, 2.05) is 12.1 Å². The molecule has 3 heteroatoms. The summed E-state index contributed by atoms with van der Waals surface area (Å²) in [4.78, 5) is 3.05. The first-order valence-electron chi connectivity index (χ1n) is 7.24. The van der Waals surface area contributed by atoms with Crippen LogP contribution in [0.15, 0.2) is 24.3 Å². The van der Waals surface area contributed by atoms with Crippen LogP contribution in [0.4, 0.5) is 5.69 Å². The van der Waals surface area contributed by atoms with E-state index in [0.717, 1.165) is 12.1 Å². The maximum Gasteiger partial charge on any atom is 0.103 e. The Bertz CT molecular complexity index is 419. The van der Waals surface area contributed by atoms with Crippen LogP contribution < -0.4 is 10.6 Å². The zero-order valence-electron chi connectivity index (χ0n) is 11.9. The lowest BCUT2D eigenvalue weighted by Gasteiger charge is -2.33. The predicted octanol–water partition coefficient (Wildman–Crippen LogP) is 3.73. The first-order chi connectivity index (χ1) is 9.08. The van der Waals surface area contributed by atoms with Crippen LogP contribution in [-0.4, -0.2) is 17.6 Å². The van der Waals surface area contributed by atoms with E-state index in [2.05, 4.69) is 30.9 Å². The third-order valence-corrected chi connectivity index (χ3v) is 4.05. The largest absolute Gasteiger partial charge is 0.389 e. The van der Waals surface area contributed by atoms with Gasteiger partial charge in [-0.2, -0.15) is 0 Å². The molecule has 1 saturated carbocycles. The summed E-state index contributed by atoms with van der Waals surface area (Å²) in [5.41, 5.74) is 7.92. The maximum atomic E-state index is 5.66. The standard InChI is InChI=1S/C16H24N2S/c1-12(2)11-18(14-5-3-4-6-14)15-9-7-13(8-10-15)16(17)19/h7-10,12,14H,3-6,11H2,1-2H3,(H2,17,19). The fourth-order valence-corrected chi connectivity index (χ4v) is 3.03. The van der Waals surface area contributed by atoms with Gasteiger partial charge in [0.2, 0.25) is 0 Å². The van der Waals surface area contributed by atoms with E-state index < -0.39 is 0 Å². The highest BCUT2D eigenvalue weighted by atomic mass is 32.1. The Balaban J connectivity index is 2.18. The normalized spacial score (nSPS) is 15.9. The molecule has 1 fully saturated rings. The molecule has 1 aromatic rings. The van der Waals surface area contributed by atoms with Gasteiger partial charge in [-0.3, -0.25) is 0 Å². The zero-order valence-corrected chi connectivity index (χ0v) is 12.7. The second kappa shape index (κ2) is 6.38. The first kappa shape index (κ1) is 14.3. The maximum absolute atomic E-state index is 5.66. The van der Waals surface area contributed by atoms with E-state index in [1.54, 1.807) is 0 Å². The van der Waals surface area contributed by atoms with Gasteiger partial charge in [0.15, 0.2) is 0 Å². The van der Waals surface area contributed by atoms with Crippen molar-refractivity contribution in [1.29, 1.82) is 0 Å². The quantitative estimate of drug-likeness (QED) is 0.831. The molecule has 0 aromatic heterocycles. The summed E-state index contributed by atoms with van der Waals surface area (Å²) < 4.78 is 0. The Labute approximate surface area is 122 Å². The highest BCUT2D eigenvalue weighted by molar-refractivity contribution is 7.80. The molecule has 0 amide bonds. The van der Waals surface area contributed by atoms with Crippen LogP contribution in [0.2, 0.25) is 0 Å². The van der Waals surface area contributed by atoms with Gasteiger partial charge in [-0.1, -0.05) is 38.9 Å². The molecule has 19 heavy (non-hydrogen) atoms. The van der Waals surface area contributed by atoms with Gasteiger partial charge in [0.05, 0.1) is 0 Å². The van der Waals surface area contributed by atoms with Gasteiger partial charge in [0, 0.05) is 23.8 Å². The van der Waals surface area contributed by atoms with Crippen molar-refractivity contribution in [2.24, 2.45) is 11.7 Å². The van der Waals surface area contributed by atoms with Crippen LogP contribution in [0, 0.1) is 5.92 Å². The Hall–Kier alpha value is -1.09. The third-order valence-electron chi connectivity index (χ3n) is 3.81. The molecule has 1 aromatic carbocycles. The second-order valence-electron chi connectivity index (χ2n) is 5.90. The summed E-state index contributed by atoms with van der Waals surface area (Å²) in [6, 6.07) is 9.11. The topological polar surface area (TPSA) is 29.3 Å². The van der Waals surface area contributed by atoms with Crippen LogP contribution in [0.25, 0.3) is 0 Å². The molecule has 0 heterocycles. The van der Waals surface area contributed by atoms with Gasteiger partial charge in [0.25, 0.3) is 0 Å². The van der Waals surface area contributed by atoms with E-state index in [4.69, 9.17) is 18.0 Å². The van der Waals surface area contributed by atoms with Crippen LogP contribution in [0.3, 0.4) is 0 Å². The van der Waals surface area contributed by atoms with Gasteiger partial charge < -0.3 is 10.6 Å². The van der Waals surface area contributed by atoms with Gasteiger partial charge in [-0.25, -0.2) is 0 Å². The van der Waals surface area contributed by atoms with Crippen LogP contribution in [0.1, 0.15) is 45.1 Å². The number of anilines is 1. The van der Waals surface area contributed by atoms with Crippen molar-refractivity contribution in [3.63, 3.8) is 0 Å². The average Bonchev–Trinajstić information content (AvgIpc) is 2.89. The van der Waals surface area contributed by atoms with E-state index in [1.165, 1.54) is 31.4 Å². The molecule has 0 unspecified atom stereocenters. The average molecular weight is 276 g/mol. The highest BCUT2D eigenvalue weighted by Crippen LogP contribution is 2.29. The lowest BCUT2D eigenvalue weighted by Crippen LogP contribution is -2.36. The summed E-state index contributed by atoms with van der Waals surface area (Å²) >= 11 is 5.01. The van der Waals surface area contributed by atoms with Crippen molar-refractivity contribution < 1.29 is 0 Å². The smallest absolute Gasteiger partial charge is 0.103 e. The summed E-state index contributed by atoms with van der Waals surface area (Å²) in [7, 11) is 0. The lowest BCUT2D eigenvalue weighted by molar-refractivity contribution is 0.536. The molecule has 0 atom stereocenters. The van der Waals surface area contributed by atoms with E-state index in [9.17, 15) is 0 Å². The van der Waals surface area contributed by atoms with Crippen LogP contribution in [0.5, 0.6) is 0 Å². The summed E-state index contributed by atoms with van der Waals surface area (Å²) in [5.74, 6) is 0.677. The molecular formula is C16H24N2S. The summed E-state index contributed by atoms with van der Waals surface area (Å²) in [6.07, 6.45) is 5.38. The molecule has 1 aliphatic carbocycles. The van der Waals surface area contributed by atoms with Gasteiger partial charge in [0.1, 0.15) is 4.99 Å². The van der Waals surface area contributed by atoms with Crippen molar-refractivity contribution >= 4 is 22.9 Å². The minimum atomic E-state index is 0.475. The van der Waals surface area contributed by atoms with Crippen LogP contribution >= 0.6 is 12.2 Å². The molecular weight excluding hydrogens is 252 g/mol. The molecule has 0 saturated heterocycles. The lowest BCUT2D eigenvalue weighted by atomic mass is 10.1. The third kappa shape index (κ3) is 3.69. The van der Waals surface area contributed by atoms with Gasteiger partial charge in [-0.15, -0.1) is 0 Å². The number of nitrogens with zero attached hydrogens (tertiary/aromatic N) is 1. The monoisotopic (exact) mass is 276 g/mol. The molecule has 0 aliphatic heterocycles. The van der Waals surface area contributed by atoms with Crippen LogP contribution in [-0.2, 0) is 0 Å². The first-order valence-corrected chi connectivity index (χ1v) is 7.65. The zero-order chi connectivity index (χ0) is 13.8. The number of hydrogen-bond donors (Lipinski definition) is 1. The molecule has 0 bridgehead atoms. The Morgan fingerprint density at radius 3 is 2.32 bits per heavy atom. The Morgan fingerprint density at radius 1 is 1.26 bits per heavy atom. The molecule has 2 rings (SSSR count). The van der Waals surface area contributed by atoms with E-state index in [-0.39, 0.29) is 0 Å². The van der Waals surface area contributed by atoms with Crippen molar-refractivity contribution in [1.82, 2.24) is 0 Å². The summed E-state index contributed by atoms with van der Waals surface area (Å²) in [5, 5.41) is 0. The second-order valence-corrected chi connectivity index (χ2v) is 6.34.